The van der Waals surface area contributed by atoms with Gasteiger partial charge >= 0.3 is 6.03 Å². The second-order valence-electron chi connectivity index (χ2n) is 6.40. The predicted octanol–water partition coefficient (Wildman–Crippen LogP) is 1.53. The van der Waals surface area contributed by atoms with E-state index in [9.17, 15) is 14.4 Å². The topological polar surface area (TPSA) is 104 Å². The van der Waals surface area contributed by atoms with Crippen LogP contribution in [0.15, 0.2) is 30.5 Å². The zero-order valence-electron chi connectivity index (χ0n) is 13.5. The van der Waals surface area contributed by atoms with Crippen LogP contribution >= 0.6 is 0 Å². The van der Waals surface area contributed by atoms with Crippen LogP contribution in [-0.4, -0.2) is 38.4 Å². The molecule has 1 aliphatic heterocycles. The first-order valence-electron chi connectivity index (χ1n) is 8.29. The van der Waals surface area contributed by atoms with E-state index in [0.29, 0.717) is 23.9 Å². The highest BCUT2D eigenvalue weighted by molar-refractivity contribution is 6.09. The number of hydrazine groups is 1. The number of aromatic nitrogens is 2. The Kier molecular flexibility index (Phi) is 3.60. The lowest BCUT2D eigenvalue weighted by Gasteiger charge is -2.30. The van der Waals surface area contributed by atoms with E-state index >= 15 is 0 Å². The maximum atomic E-state index is 12.7. The molecular formula is C17H17N5O3. The lowest BCUT2D eigenvalue weighted by Crippen LogP contribution is -2.51. The third-order valence-electron chi connectivity index (χ3n) is 4.76. The van der Waals surface area contributed by atoms with Crippen molar-refractivity contribution in [1.82, 2.24) is 25.7 Å². The third-order valence-corrected chi connectivity index (χ3v) is 4.76. The number of nitrogens with one attached hydrogen (secondary N) is 2. The summed E-state index contributed by atoms with van der Waals surface area (Å²) in [4.78, 5) is 45.7. The second kappa shape index (κ2) is 5.80. The maximum absolute atomic E-state index is 12.7. The lowest BCUT2D eigenvalue weighted by molar-refractivity contribution is -0.134. The summed E-state index contributed by atoms with van der Waals surface area (Å²) in [6, 6.07) is 6.54. The van der Waals surface area contributed by atoms with E-state index < -0.39 is 23.4 Å². The SMILES string of the molecule is O=C(NN1C(=O)NC2(CCCCC2)C1=O)c1cnc2ccccc2n1. The maximum Gasteiger partial charge on any atom is 0.344 e. The third kappa shape index (κ3) is 2.59. The fourth-order valence-corrected chi connectivity index (χ4v) is 3.44. The first-order valence-corrected chi connectivity index (χ1v) is 8.29. The molecule has 0 bridgehead atoms. The van der Waals surface area contributed by atoms with Gasteiger partial charge in [-0.15, -0.1) is 0 Å². The number of fused-ring (bicyclic) bond motifs is 1. The molecule has 0 radical (unpaired) electrons. The number of imide groups is 1. The zero-order valence-corrected chi connectivity index (χ0v) is 13.5. The molecule has 4 rings (SSSR count). The number of hydrogen-bond acceptors (Lipinski definition) is 5. The van der Waals surface area contributed by atoms with Gasteiger partial charge in [0.05, 0.1) is 17.2 Å². The summed E-state index contributed by atoms with van der Waals surface area (Å²) >= 11 is 0. The van der Waals surface area contributed by atoms with E-state index in [-0.39, 0.29) is 5.69 Å². The van der Waals surface area contributed by atoms with Crippen molar-refractivity contribution in [3.63, 3.8) is 0 Å². The Morgan fingerprint density at radius 2 is 1.84 bits per heavy atom. The number of nitrogens with zero attached hydrogens (tertiary/aromatic N) is 3. The van der Waals surface area contributed by atoms with Gasteiger partial charge in [-0.1, -0.05) is 31.4 Å². The van der Waals surface area contributed by atoms with Crippen molar-refractivity contribution in [2.75, 3.05) is 0 Å². The van der Waals surface area contributed by atoms with Gasteiger partial charge in [-0.05, 0) is 25.0 Å². The minimum absolute atomic E-state index is 0.0453. The largest absolute Gasteiger partial charge is 0.344 e. The van der Waals surface area contributed by atoms with Crippen LogP contribution in [0.2, 0.25) is 0 Å². The molecule has 1 aromatic carbocycles. The number of carbonyl (C=O) groups is 3. The highest BCUT2D eigenvalue weighted by Gasteiger charge is 2.52. The highest BCUT2D eigenvalue weighted by atomic mass is 16.2. The molecule has 1 aliphatic carbocycles. The van der Waals surface area contributed by atoms with E-state index in [0.717, 1.165) is 24.3 Å². The monoisotopic (exact) mass is 339 g/mol. The molecule has 25 heavy (non-hydrogen) atoms. The van der Waals surface area contributed by atoms with Crippen LogP contribution < -0.4 is 10.7 Å². The Morgan fingerprint density at radius 3 is 2.60 bits per heavy atom. The summed E-state index contributed by atoms with van der Waals surface area (Å²) in [6.07, 6.45) is 5.32. The first-order chi connectivity index (χ1) is 12.1. The summed E-state index contributed by atoms with van der Waals surface area (Å²) in [5, 5.41) is 3.51. The van der Waals surface area contributed by atoms with Crippen molar-refractivity contribution in [3.8, 4) is 0 Å². The average molecular weight is 339 g/mol. The van der Waals surface area contributed by atoms with Crippen molar-refractivity contribution in [2.24, 2.45) is 0 Å². The highest BCUT2D eigenvalue weighted by Crippen LogP contribution is 2.33. The molecule has 1 saturated heterocycles. The van der Waals surface area contributed by atoms with Crippen LogP contribution in [0.4, 0.5) is 4.79 Å². The molecule has 1 spiro atoms. The predicted molar refractivity (Wildman–Crippen MR) is 88.2 cm³/mol. The minimum Gasteiger partial charge on any atom is -0.322 e. The Morgan fingerprint density at radius 1 is 1.12 bits per heavy atom. The van der Waals surface area contributed by atoms with Crippen molar-refractivity contribution >= 4 is 28.9 Å². The molecule has 8 nitrogen and oxygen atoms in total. The smallest absolute Gasteiger partial charge is 0.322 e. The van der Waals surface area contributed by atoms with Gasteiger partial charge in [0.2, 0.25) is 0 Å². The van der Waals surface area contributed by atoms with E-state index in [1.165, 1.54) is 6.20 Å². The lowest BCUT2D eigenvalue weighted by atomic mass is 9.82. The Hall–Kier alpha value is -3.03. The van der Waals surface area contributed by atoms with Gasteiger partial charge in [0.25, 0.3) is 11.8 Å². The Labute approximate surface area is 143 Å². The van der Waals surface area contributed by atoms with E-state index in [1.54, 1.807) is 18.2 Å². The quantitative estimate of drug-likeness (QED) is 0.808. The summed E-state index contributed by atoms with van der Waals surface area (Å²) < 4.78 is 0. The summed E-state index contributed by atoms with van der Waals surface area (Å²) in [5.74, 6) is -1.05. The summed E-state index contributed by atoms with van der Waals surface area (Å²) in [5.41, 5.74) is 2.76. The van der Waals surface area contributed by atoms with Crippen molar-refractivity contribution in [3.05, 3.63) is 36.2 Å². The molecule has 0 atom stereocenters. The Balaban J connectivity index is 1.55. The van der Waals surface area contributed by atoms with Gasteiger partial charge in [0.15, 0.2) is 0 Å². The number of benzene rings is 1. The van der Waals surface area contributed by atoms with E-state index in [2.05, 4.69) is 20.7 Å². The molecule has 2 aliphatic rings. The van der Waals surface area contributed by atoms with Gasteiger partial charge < -0.3 is 5.32 Å². The number of rotatable bonds is 2. The molecule has 2 N–H and O–H groups in total. The Bertz CT molecular complexity index is 875. The van der Waals surface area contributed by atoms with Gasteiger partial charge in [-0.3, -0.25) is 20.0 Å². The molecule has 128 valence electrons. The molecule has 0 unspecified atom stereocenters. The molecule has 1 aromatic heterocycles. The first kappa shape index (κ1) is 15.5. The average Bonchev–Trinajstić information content (AvgIpc) is 2.86. The molecule has 8 heteroatoms. The number of carbonyl (C=O) groups excluding carboxylic acids is 3. The van der Waals surface area contributed by atoms with Crippen molar-refractivity contribution in [1.29, 1.82) is 0 Å². The summed E-state index contributed by atoms with van der Waals surface area (Å²) in [6.45, 7) is 0. The van der Waals surface area contributed by atoms with Gasteiger partial charge in [-0.25, -0.2) is 9.78 Å². The fourth-order valence-electron chi connectivity index (χ4n) is 3.44. The zero-order chi connectivity index (χ0) is 17.4. The van der Waals surface area contributed by atoms with E-state index in [4.69, 9.17) is 0 Å². The van der Waals surface area contributed by atoms with Crippen LogP contribution in [0.25, 0.3) is 11.0 Å². The van der Waals surface area contributed by atoms with Crippen LogP contribution in [0.1, 0.15) is 42.6 Å². The van der Waals surface area contributed by atoms with Crippen molar-refractivity contribution in [2.45, 2.75) is 37.6 Å². The standard InChI is InChI=1S/C17H17N5O3/c23-14(13-10-18-11-6-2-3-7-12(11)19-13)21-22-15(24)17(20-16(22)25)8-4-1-5-9-17/h2-3,6-7,10H,1,4-5,8-9H2,(H,20,25)(H,21,23). The normalized spacial score (nSPS) is 19.3. The number of hydrogen-bond donors (Lipinski definition) is 2. The molecule has 1 saturated carbocycles. The van der Waals surface area contributed by atoms with Crippen LogP contribution in [0.5, 0.6) is 0 Å². The molecule has 4 amide bonds. The second-order valence-corrected chi connectivity index (χ2v) is 6.40. The van der Waals surface area contributed by atoms with Gasteiger partial charge in [0.1, 0.15) is 11.2 Å². The fraction of sp³-hybridized carbons (Fsp3) is 0.353. The van der Waals surface area contributed by atoms with Crippen LogP contribution in [0.3, 0.4) is 0 Å². The minimum atomic E-state index is -0.877. The number of para-hydroxylation sites is 2. The summed E-state index contributed by atoms with van der Waals surface area (Å²) in [7, 11) is 0. The van der Waals surface area contributed by atoms with Crippen molar-refractivity contribution < 1.29 is 14.4 Å². The number of amides is 4. The molecular weight excluding hydrogens is 322 g/mol. The van der Waals surface area contributed by atoms with Gasteiger partial charge in [0, 0.05) is 0 Å². The van der Waals surface area contributed by atoms with E-state index in [1.807, 2.05) is 6.07 Å². The van der Waals surface area contributed by atoms with Gasteiger partial charge in [-0.2, -0.15) is 5.01 Å². The molecule has 2 heterocycles. The van der Waals surface area contributed by atoms with Crippen LogP contribution in [0, 0.1) is 0 Å². The van der Waals surface area contributed by atoms with Crippen LogP contribution in [-0.2, 0) is 4.79 Å². The number of urea groups is 1. The molecule has 2 fully saturated rings. The molecule has 2 aromatic rings.